The SMILES string of the molecule is COc1ccc(C(O[SiH](C)C)S(=O)(=O)CC(=O)O)cc1C(C)(C)C. The molecule has 0 bridgehead atoms. The molecule has 1 aromatic rings. The van der Waals surface area contributed by atoms with E-state index in [1.165, 1.54) is 0 Å². The van der Waals surface area contributed by atoms with Crippen LogP contribution in [0, 0.1) is 0 Å². The van der Waals surface area contributed by atoms with Gasteiger partial charge < -0.3 is 14.3 Å². The second-order valence-electron chi connectivity index (χ2n) is 6.93. The van der Waals surface area contributed by atoms with Gasteiger partial charge in [0.25, 0.3) is 0 Å². The van der Waals surface area contributed by atoms with Gasteiger partial charge in [-0.25, -0.2) is 8.42 Å². The Morgan fingerprint density at radius 3 is 2.29 bits per heavy atom. The van der Waals surface area contributed by atoms with Crippen LogP contribution < -0.4 is 4.74 Å². The first-order chi connectivity index (χ1) is 10.9. The Morgan fingerprint density at radius 1 is 1.29 bits per heavy atom. The lowest BCUT2D eigenvalue weighted by molar-refractivity contribution is -0.134. The summed E-state index contributed by atoms with van der Waals surface area (Å²) in [7, 11) is -4.15. The third kappa shape index (κ3) is 5.32. The van der Waals surface area contributed by atoms with E-state index in [1.807, 2.05) is 33.9 Å². The highest BCUT2D eigenvalue weighted by atomic mass is 32.2. The van der Waals surface area contributed by atoms with Crippen molar-refractivity contribution in [2.75, 3.05) is 12.9 Å². The van der Waals surface area contributed by atoms with E-state index in [0.717, 1.165) is 5.56 Å². The maximum absolute atomic E-state index is 12.5. The van der Waals surface area contributed by atoms with E-state index in [0.29, 0.717) is 11.3 Å². The van der Waals surface area contributed by atoms with Gasteiger partial charge in [0, 0.05) is 0 Å². The van der Waals surface area contributed by atoms with Gasteiger partial charge in [0.1, 0.15) is 5.75 Å². The quantitative estimate of drug-likeness (QED) is 0.738. The van der Waals surface area contributed by atoms with Crippen molar-refractivity contribution in [1.29, 1.82) is 0 Å². The number of methoxy groups -OCH3 is 1. The summed E-state index contributed by atoms with van der Waals surface area (Å²) < 4.78 is 36.0. The summed E-state index contributed by atoms with van der Waals surface area (Å²) in [4.78, 5) is 10.9. The summed E-state index contributed by atoms with van der Waals surface area (Å²) in [6.45, 7) is 9.67. The average molecular weight is 375 g/mol. The first kappa shape index (κ1) is 20.7. The summed E-state index contributed by atoms with van der Waals surface area (Å²) >= 11 is 0. The van der Waals surface area contributed by atoms with Crippen LogP contribution in [0.1, 0.15) is 37.3 Å². The predicted molar refractivity (Wildman–Crippen MR) is 95.8 cm³/mol. The molecule has 1 N–H and O–H groups in total. The molecule has 8 heteroatoms. The Balaban J connectivity index is 3.47. The fourth-order valence-electron chi connectivity index (χ4n) is 2.32. The van der Waals surface area contributed by atoms with E-state index in [2.05, 4.69) is 0 Å². The van der Waals surface area contributed by atoms with E-state index >= 15 is 0 Å². The fraction of sp³-hybridized carbons (Fsp3) is 0.562. The average Bonchev–Trinajstić information content (AvgIpc) is 2.41. The van der Waals surface area contributed by atoms with E-state index < -0.39 is 36.0 Å². The standard InChI is InChI=1S/C16H26O6SSi/c1-16(2,3)12-9-11(7-8-13(12)21-4)15(22-24(5)6)23(19,20)10-14(17)18/h7-9,15,24H,10H2,1-6H3,(H,17,18). The molecule has 0 amide bonds. The number of carboxylic acid groups (broad SMARTS) is 1. The van der Waals surface area contributed by atoms with E-state index in [-0.39, 0.29) is 5.41 Å². The number of aliphatic carboxylic acids is 1. The molecule has 0 radical (unpaired) electrons. The van der Waals surface area contributed by atoms with Gasteiger partial charge in [0.05, 0.1) is 7.11 Å². The molecule has 1 aromatic carbocycles. The Bertz CT molecular complexity index is 691. The zero-order chi connectivity index (χ0) is 18.7. The van der Waals surface area contributed by atoms with Crippen LogP contribution in [0.2, 0.25) is 13.1 Å². The van der Waals surface area contributed by atoms with Crippen molar-refractivity contribution in [2.45, 2.75) is 44.7 Å². The Labute approximate surface area is 145 Å². The second-order valence-corrected chi connectivity index (χ2v) is 11.3. The molecule has 1 atom stereocenters. The lowest BCUT2D eigenvalue weighted by Gasteiger charge is -2.26. The van der Waals surface area contributed by atoms with Crippen LogP contribution in [-0.2, 0) is 24.5 Å². The number of rotatable bonds is 7. The van der Waals surface area contributed by atoms with Crippen LogP contribution in [0.15, 0.2) is 18.2 Å². The highest BCUT2D eigenvalue weighted by molar-refractivity contribution is 7.92. The number of benzene rings is 1. The van der Waals surface area contributed by atoms with Crippen molar-refractivity contribution in [3.05, 3.63) is 29.3 Å². The minimum atomic E-state index is -3.98. The molecule has 0 aliphatic carbocycles. The summed E-state index contributed by atoms with van der Waals surface area (Å²) in [5.41, 5.74) is -0.264. The smallest absolute Gasteiger partial charge is 0.318 e. The van der Waals surface area contributed by atoms with E-state index in [4.69, 9.17) is 14.3 Å². The Morgan fingerprint density at radius 2 is 1.88 bits per heavy atom. The van der Waals surface area contributed by atoms with Crippen LogP contribution in [0.3, 0.4) is 0 Å². The molecule has 136 valence electrons. The van der Waals surface area contributed by atoms with Crippen LogP contribution in [0.5, 0.6) is 5.75 Å². The molecule has 0 fully saturated rings. The van der Waals surface area contributed by atoms with Crippen molar-refractivity contribution in [3.8, 4) is 5.75 Å². The highest BCUT2D eigenvalue weighted by Crippen LogP contribution is 2.35. The van der Waals surface area contributed by atoms with Crippen LogP contribution >= 0.6 is 0 Å². The number of carbonyl (C=O) groups is 1. The summed E-state index contributed by atoms with van der Waals surface area (Å²) in [5, 5.41) is 8.90. The van der Waals surface area contributed by atoms with E-state index in [9.17, 15) is 13.2 Å². The predicted octanol–water partition coefficient (Wildman–Crippen LogP) is 2.49. The summed E-state index contributed by atoms with van der Waals surface area (Å²) in [6.07, 6.45) is 0. The number of hydrogen-bond donors (Lipinski definition) is 1. The third-order valence-corrected chi connectivity index (χ3v) is 6.05. The molecule has 24 heavy (non-hydrogen) atoms. The summed E-state index contributed by atoms with van der Waals surface area (Å²) in [6, 6.07) is 5.05. The van der Waals surface area contributed by atoms with Crippen molar-refractivity contribution in [2.24, 2.45) is 0 Å². The van der Waals surface area contributed by atoms with Crippen molar-refractivity contribution < 1.29 is 27.5 Å². The molecule has 0 aliphatic rings. The van der Waals surface area contributed by atoms with Crippen LogP contribution in [0.4, 0.5) is 0 Å². The zero-order valence-corrected chi connectivity index (χ0v) is 17.0. The molecule has 0 saturated heterocycles. The lowest BCUT2D eigenvalue weighted by atomic mass is 9.85. The largest absolute Gasteiger partial charge is 0.496 e. The van der Waals surface area contributed by atoms with Crippen molar-refractivity contribution in [1.82, 2.24) is 0 Å². The van der Waals surface area contributed by atoms with Crippen LogP contribution in [-0.4, -0.2) is 41.4 Å². The van der Waals surface area contributed by atoms with Crippen LogP contribution in [0.25, 0.3) is 0 Å². The molecule has 0 aromatic heterocycles. The normalized spacial score (nSPS) is 13.8. The summed E-state index contributed by atoms with van der Waals surface area (Å²) in [5.74, 6) is -1.70. The van der Waals surface area contributed by atoms with Crippen molar-refractivity contribution in [3.63, 3.8) is 0 Å². The minimum Gasteiger partial charge on any atom is -0.496 e. The van der Waals surface area contributed by atoms with Gasteiger partial charge in [-0.3, -0.25) is 4.79 Å². The fourth-order valence-corrected chi connectivity index (χ4v) is 5.38. The van der Waals surface area contributed by atoms with Gasteiger partial charge in [-0.05, 0) is 41.8 Å². The lowest BCUT2D eigenvalue weighted by Crippen LogP contribution is -2.27. The number of sulfone groups is 1. The molecular weight excluding hydrogens is 348 g/mol. The third-order valence-electron chi connectivity index (χ3n) is 3.35. The first-order valence-corrected chi connectivity index (χ1v) is 12.2. The second kappa shape index (κ2) is 7.67. The van der Waals surface area contributed by atoms with Gasteiger partial charge in [-0.2, -0.15) is 0 Å². The number of ether oxygens (including phenoxy) is 1. The molecule has 0 aliphatic heterocycles. The topological polar surface area (TPSA) is 89.9 Å². The van der Waals surface area contributed by atoms with Gasteiger partial charge in [-0.1, -0.05) is 26.8 Å². The maximum atomic E-state index is 12.5. The maximum Gasteiger partial charge on any atom is 0.318 e. The van der Waals surface area contributed by atoms with E-state index in [1.54, 1.807) is 25.3 Å². The molecular formula is C16H26O6SSi. The molecule has 0 spiro atoms. The number of carboxylic acids is 1. The molecule has 1 rings (SSSR count). The van der Waals surface area contributed by atoms with Crippen molar-refractivity contribution >= 4 is 24.8 Å². The van der Waals surface area contributed by atoms with Gasteiger partial charge in [-0.15, -0.1) is 0 Å². The Kier molecular flexibility index (Phi) is 6.60. The van der Waals surface area contributed by atoms with Gasteiger partial charge >= 0.3 is 5.97 Å². The molecule has 0 heterocycles. The first-order valence-electron chi connectivity index (χ1n) is 7.65. The van der Waals surface area contributed by atoms with Gasteiger partial charge in [0.2, 0.25) is 0 Å². The molecule has 6 nitrogen and oxygen atoms in total. The molecule has 1 unspecified atom stereocenters. The highest BCUT2D eigenvalue weighted by Gasteiger charge is 2.32. The number of hydrogen-bond acceptors (Lipinski definition) is 5. The zero-order valence-electron chi connectivity index (χ0n) is 15.0. The van der Waals surface area contributed by atoms with Gasteiger partial charge in [0.15, 0.2) is 30.1 Å². The molecule has 0 saturated carbocycles. The minimum absolute atomic E-state index is 0.266. The monoisotopic (exact) mass is 374 g/mol. The Hall–Kier alpha value is -1.38.